The number of nitrogens with zero attached hydrogens (tertiary/aromatic N) is 2. The lowest BCUT2D eigenvalue weighted by molar-refractivity contribution is 0.0600. The van der Waals surface area contributed by atoms with E-state index in [1.54, 1.807) is 23.9 Å². The van der Waals surface area contributed by atoms with Crippen molar-refractivity contribution >= 4 is 40.8 Å². The van der Waals surface area contributed by atoms with Gasteiger partial charge in [0.25, 0.3) is 5.56 Å². The lowest BCUT2D eigenvalue weighted by atomic mass is 9.83. The molecule has 1 aliphatic heterocycles. The van der Waals surface area contributed by atoms with E-state index in [4.69, 9.17) is 9.73 Å². The van der Waals surface area contributed by atoms with Crippen LogP contribution in [0.15, 0.2) is 93.1 Å². The summed E-state index contributed by atoms with van der Waals surface area (Å²) in [5, 5.41) is 0. The molecule has 1 aromatic heterocycles. The summed E-state index contributed by atoms with van der Waals surface area (Å²) in [6.45, 7) is 0. The summed E-state index contributed by atoms with van der Waals surface area (Å²) in [6.07, 6.45) is 5.73. The van der Waals surface area contributed by atoms with E-state index in [2.05, 4.69) is 54.8 Å². The molecule has 4 aromatic rings. The van der Waals surface area contributed by atoms with Crippen LogP contribution in [0.25, 0.3) is 11.8 Å². The fourth-order valence-electron chi connectivity index (χ4n) is 5.09. The summed E-state index contributed by atoms with van der Waals surface area (Å²) in [4.78, 5) is 32.6. The minimum atomic E-state index is -0.385. The number of carbonyl (C=O) groups is 1. The number of benzene rings is 3. The van der Waals surface area contributed by atoms with Crippen LogP contribution >= 0.6 is 23.1 Å². The molecule has 0 fully saturated rings. The number of rotatable bonds is 4. The number of carbonyl (C=O) groups excluding carboxylic acids is 1. The van der Waals surface area contributed by atoms with Crippen LogP contribution in [-0.2, 0) is 11.2 Å². The molecule has 0 bridgehead atoms. The molecule has 6 rings (SSSR count). The number of thioether (sulfide) groups is 1. The molecule has 0 N–H and O–H groups in total. The molecule has 2 aliphatic rings. The SMILES string of the molecule is COC(=O)c1ccc(C=c2sc3n(c2=O)[C@@H](c2ccc(SC)cc2)C2=C(N=3)c3ccccc3CC2)cc1. The predicted octanol–water partition coefficient (Wildman–Crippen LogP) is 4.83. The van der Waals surface area contributed by atoms with E-state index < -0.39 is 0 Å². The Morgan fingerprint density at radius 1 is 1.05 bits per heavy atom. The van der Waals surface area contributed by atoms with E-state index in [0.717, 1.165) is 35.2 Å². The Labute approximate surface area is 222 Å². The molecule has 1 aliphatic carbocycles. The monoisotopic (exact) mass is 524 g/mol. The molecule has 5 nitrogen and oxygen atoms in total. The molecular weight excluding hydrogens is 500 g/mol. The van der Waals surface area contributed by atoms with Gasteiger partial charge >= 0.3 is 5.97 Å². The van der Waals surface area contributed by atoms with Crippen LogP contribution in [0.4, 0.5) is 0 Å². The number of allylic oxidation sites excluding steroid dienone is 1. The van der Waals surface area contributed by atoms with Crippen molar-refractivity contribution in [2.45, 2.75) is 23.8 Å². The number of fused-ring (bicyclic) bond motifs is 3. The summed E-state index contributed by atoms with van der Waals surface area (Å²) in [5.74, 6) is -0.385. The Morgan fingerprint density at radius 3 is 2.54 bits per heavy atom. The fourth-order valence-corrected chi connectivity index (χ4v) is 6.50. The largest absolute Gasteiger partial charge is 0.465 e. The molecule has 0 radical (unpaired) electrons. The first kappa shape index (κ1) is 23.7. The highest BCUT2D eigenvalue weighted by Gasteiger charge is 2.32. The highest BCUT2D eigenvalue weighted by atomic mass is 32.2. The molecule has 7 heteroatoms. The Morgan fingerprint density at radius 2 is 1.81 bits per heavy atom. The van der Waals surface area contributed by atoms with E-state index in [0.29, 0.717) is 14.9 Å². The smallest absolute Gasteiger partial charge is 0.337 e. The zero-order chi connectivity index (χ0) is 25.5. The topological polar surface area (TPSA) is 60.7 Å². The van der Waals surface area contributed by atoms with Crippen LogP contribution in [0.5, 0.6) is 0 Å². The maximum atomic E-state index is 13.8. The maximum absolute atomic E-state index is 13.8. The van der Waals surface area contributed by atoms with Crippen molar-refractivity contribution in [2.75, 3.05) is 13.4 Å². The molecule has 0 saturated carbocycles. The number of esters is 1. The molecule has 0 saturated heterocycles. The van der Waals surface area contributed by atoms with Crippen LogP contribution in [0.3, 0.4) is 0 Å². The first-order chi connectivity index (χ1) is 18.1. The van der Waals surface area contributed by atoms with Gasteiger partial charge in [-0.3, -0.25) is 9.36 Å². The van der Waals surface area contributed by atoms with Gasteiger partial charge in [-0.05, 0) is 71.7 Å². The van der Waals surface area contributed by atoms with Crippen LogP contribution in [0, 0.1) is 0 Å². The molecule has 2 heterocycles. The normalized spacial score (nSPS) is 16.5. The number of methoxy groups -OCH3 is 1. The summed E-state index contributed by atoms with van der Waals surface area (Å²) in [7, 11) is 1.36. The van der Waals surface area contributed by atoms with Gasteiger partial charge in [0.15, 0.2) is 4.80 Å². The Balaban J connectivity index is 1.54. The maximum Gasteiger partial charge on any atom is 0.337 e. The molecule has 0 spiro atoms. The highest BCUT2D eigenvalue weighted by Crippen LogP contribution is 2.41. The number of hydrogen-bond donors (Lipinski definition) is 0. The summed E-state index contributed by atoms with van der Waals surface area (Å²) >= 11 is 3.11. The minimum Gasteiger partial charge on any atom is -0.465 e. The van der Waals surface area contributed by atoms with Gasteiger partial charge in [-0.2, -0.15) is 0 Å². The van der Waals surface area contributed by atoms with Crippen molar-refractivity contribution in [3.63, 3.8) is 0 Å². The van der Waals surface area contributed by atoms with E-state index in [1.165, 1.54) is 34.5 Å². The molecule has 37 heavy (non-hydrogen) atoms. The summed E-state index contributed by atoms with van der Waals surface area (Å²) in [5.41, 5.74) is 7.00. The second-order valence-corrected chi connectivity index (χ2v) is 10.9. The molecule has 184 valence electrons. The van der Waals surface area contributed by atoms with Gasteiger partial charge in [-0.15, -0.1) is 11.8 Å². The zero-order valence-corrected chi connectivity index (χ0v) is 22.1. The standard InChI is InChI=1S/C30H24N2O3S2/c1-35-29(34)21-9-7-18(8-10-21)17-25-28(33)32-27(20-11-14-22(36-2)15-12-20)24-16-13-19-5-3-4-6-23(19)26(24)31-30(32)37-25/h3-12,14-15,17,27H,13,16H2,1-2H3/t27-/m0/s1. The quantitative estimate of drug-likeness (QED) is 0.284. The van der Waals surface area contributed by atoms with Crippen molar-refractivity contribution in [3.8, 4) is 0 Å². The Hall–Kier alpha value is -3.68. The van der Waals surface area contributed by atoms with E-state index in [-0.39, 0.29) is 17.6 Å². The van der Waals surface area contributed by atoms with Gasteiger partial charge in [-0.25, -0.2) is 9.79 Å². The van der Waals surface area contributed by atoms with Gasteiger partial charge < -0.3 is 4.74 Å². The van der Waals surface area contributed by atoms with Crippen LogP contribution in [-0.4, -0.2) is 23.9 Å². The number of aromatic nitrogens is 1. The van der Waals surface area contributed by atoms with Crippen molar-refractivity contribution in [1.29, 1.82) is 0 Å². The molecule has 1 atom stereocenters. The van der Waals surface area contributed by atoms with Crippen LogP contribution in [0.1, 0.15) is 45.1 Å². The second kappa shape index (κ2) is 9.65. The first-order valence-corrected chi connectivity index (χ1v) is 14.1. The van der Waals surface area contributed by atoms with Crippen LogP contribution in [0.2, 0.25) is 0 Å². The lowest BCUT2D eigenvalue weighted by Gasteiger charge is -2.30. The Kier molecular flexibility index (Phi) is 6.18. The van der Waals surface area contributed by atoms with Crippen molar-refractivity contribution in [3.05, 3.63) is 126 Å². The first-order valence-electron chi connectivity index (χ1n) is 12.0. The van der Waals surface area contributed by atoms with Gasteiger partial charge in [0, 0.05) is 10.5 Å². The van der Waals surface area contributed by atoms with Crippen molar-refractivity contribution in [1.82, 2.24) is 4.57 Å². The summed E-state index contributed by atoms with van der Waals surface area (Å²) in [6, 6.07) is 23.8. The second-order valence-electron chi connectivity index (χ2n) is 9.00. The third-order valence-electron chi connectivity index (χ3n) is 6.93. The number of ether oxygens (including phenoxy) is 1. The van der Waals surface area contributed by atoms with Gasteiger partial charge in [-0.1, -0.05) is 59.9 Å². The van der Waals surface area contributed by atoms with E-state index >= 15 is 0 Å². The molecule has 0 amide bonds. The van der Waals surface area contributed by atoms with Gasteiger partial charge in [0.2, 0.25) is 0 Å². The van der Waals surface area contributed by atoms with Crippen molar-refractivity contribution < 1.29 is 9.53 Å². The van der Waals surface area contributed by atoms with Crippen molar-refractivity contribution in [2.24, 2.45) is 4.99 Å². The average molecular weight is 525 g/mol. The number of aryl methyl sites for hydroxylation is 1. The molecule has 0 unspecified atom stereocenters. The molecular formula is C30H24N2O3S2. The minimum absolute atomic E-state index is 0.0508. The predicted molar refractivity (Wildman–Crippen MR) is 149 cm³/mol. The fraction of sp³-hybridized carbons (Fsp3) is 0.167. The average Bonchev–Trinajstić information content (AvgIpc) is 3.26. The lowest BCUT2D eigenvalue weighted by Crippen LogP contribution is -2.38. The third kappa shape index (κ3) is 4.18. The highest BCUT2D eigenvalue weighted by molar-refractivity contribution is 7.98. The molecule has 3 aromatic carbocycles. The third-order valence-corrected chi connectivity index (χ3v) is 8.66. The van der Waals surface area contributed by atoms with E-state index in [9.17, 15) is 9.59 Å². The number of hydrogen-bond acceptors (Lipinski definition) is 6. The zero-order valence-electron chi connectivity index (χ0n) is 20.4. The summed E-state index contributed by atoms with van der Waals surface area (Å²) < 4.78 is 7.27. The Bertz CT molecular complexity index is 1730. The number of thiazole rings is 1. The van der Waals surface area contributed by atoms with E-state index in [1.807, 2.05) is 22.8 Å². The van der Waals surface area contributed by atoms with Crippen LogP contribution < -0.4 is 14.9 Å². The van der Waals surface area contributed by atoms with Gasteiger partial charge in [0.1, 0.15) is 0 Å². The van der Waals surface area contributed by atoms with Gasteiger partial charge in [0.05, 0.1) is 28.9 Å².